The van der Waals surface area contributed by atoms with Crippen LogP contribution in [-0.4, -0.2) is 60.9 Å². The number of rotatable bonds is 8. The van der Waals surface area contributed by atoms with Gasteiger partial charge in [0.1, 0.15) is 11.6 Å². The third-order valence-corrected chi connectivity index (χ3v) is 4.12. The normalized spacial score (nSPS) is 14.8. The van der Waals surface area contributed by atoms with Crippen LogP contribution in [-0.2, 0) is 4.74 Å². The molecule has 3 rings (SSSR count). The maximum atomic E-state index is 5.66. The molecule has 0 aliphatic carbocycles. The summed E-state index contributed by atoms with van der Waals surface area (Å²) in [6, 6.07) is 9.78. The van der Waals surface area contributed by atoms with E-state index in [1.54, 1.807) is 0 Å². The van der Waals surface area contributed by atoms with Crippen LogP contribution in [0.25, 0.3) is 0 Å². The van der Waals surface area contributed by atoms with Crippen molar-refractivity contribution in [2.75, 3.05) is 56.6 Å². The highest BCUT2D eigenvalue weighted by molar-refractivity contribution is 5.64. The second-order valence-corrected chi connectivity index (χ2v) is 6.15. The fourth-order valence-electron chi connectivity index (χ4n) is 2.85. The van der Waals surface area contributed by atoms with E-state index in [4.69, 9.17) is 9.47 Å². The molecule has 1 aromatic heterocycles. The molecular formula is C19H27N5O2. The number of hydrogen-bond acceptors (Lipinski definition) is 7. The summed E-state index contributed by atoms with van der Waals surface area (Å²) in [5.41, 5.74) is 1.80. The van der Waals surface area contributed by atoms with Gasteiger partial charge in [0.15, 0.2) is 0 Å². The summed E-state index contributed by atoms with van der Waals surface area (Å²) in [5, 5.41) is 6.66. The third kappa shape index (κ3) is 5.31. The Morgan fingerprint density at radius 3 is 2.81 bits per heavy atom. The first-order chi connectivity index (χ1) is 12.7. The lowest BCUT2D eigenvalue weighted by atomic mass is 10.3. The topological polar surface area (TPSA) is 71.5 Å². The first-order valence-electron chi connectivity index (χ1n) is 9.13. The van der Waals surface area contributed by atoms with E-state index in [1.807, 2.05) is 44.2 Å². The summed E-state index contributed by atoms with van der Waals surface area (Å²) in [6.07, 6.45) is 0. The zero-order chi connectivity index (χ0) is 18.2. The molecule has 2 heterocycles. The van der Waals surface area contributed by atoms with E-state index in [0.717, 1.165) is 62.3 Å². The Labute approximate surface area is 154 Å². The van der Waals surface area contributed by atoms with Crippen LogP contribution >= 0.6 is 0 Å². The second-order valence-electron chi connectivity index (χ2n) is 6.15. The number of hydrogen-bond donors (Lipinski definition) is 2. The van der Waals surface area contributed by atoms with Gasteiger partial charge in [-0.15, -0.1) is 0 Å². The third-order valence-electron chi connectivity index (χ3n) is 4.12. The van der Waals surface area contributed by atoms with Gasteiger partial charge in [-0.05, 0) is 26.0 Å². The highest BCUT2D eigenvalue weighted by Crippen LogP contribution is 2.27. The van der Waals surface area contributed by atoms with Crippen molar-refractivity contribution in [3.63, 3.8) is 0 Å². The molecule has 2 aromatic rings. The van der Waals surface area contributed by atoms with Crippen LogP contribution in [0.15, 0.2) is 30.3 Å². The highest BCUT2D eigenvalue weighted by Gasteiger charge is 2.10. The van der Waals surface area contributed by atoms with Crippen LogP contribution in [0, 0.1) is 6.92 Å². The second kappa shape index (κ2) is 9.35. The Morgan fingerprint density at radius 2 is 2.00 bits per heavy atom. The molecule has 0 spiro atoms. The molecule has 140 valence electrons. The van der Waals surface area contributed by atoms with Crippen molar-refractivity contribution in [2.45, 2.75) is 13.8 Å². The molecule has 1 aliphatic rings. The van der Waals surface area contributed by atoms with Crippen LogP contribution in [0.4, 0.5) is 17.5 Å². The number of para-hydroxylation sites is 2. The van der Waals surface area contributed by atoms with Crippen molar-refractivity contribution in [1.82, 2.24) is 14.9 Å². The lowest BCUT2D eigenvalue weighted by molar-refractivity contribution is 0.0398. The van der Waals surface area contributed by atoms with Crippen molar-refractivity contribution < 1.29 is 9.47 Å². The molecule has 1 aromatic carbocycles. The largest absolute Gasteiger partial charge is 0.492 e. The van der Waals surface area contributed by atoms with Gasteiger partial charge in [-0.2, -0.15) is 4.98 Å². The van der Waals surface area contributed by atoms with Crippen molar-refractivity contribution in [2.24, 2.45) is 0 Å². The molecule has 0 amide bonds. The molecule has 26 heavy (non-hydrogen) atoms. The molecule has 0 unspecified atom stereocenters. The van der Waals surface area contributed by atoms with E-state index in [1.165, 1.54) is 0 Å². The number of aryl methyl sites for hydroxylation is 1. The number of anilines is 3. The van der Waals surface area contributed by atoms with Gasteiger partial charge < -0.3 is 20.1 Å². The predicted octanol–water partition coefficient (Wildman–Crippen LogP) is 2.67. The molecular weight excluding hydrogens is 330 g/mol. The van der Waals surface area contributed by atoms with Gasteiger partial charge in [-0.1, -0.05) is 12.1 Å². The first kappa shape index (κ1) is 18.4. The Balaban J connectivity index is 1.62. The molecule has 2 N–H and O–H groups in total. The Bertz CT molecular complexity index is 704. The minimum absolute atomic E-state index is 0.621. The zero-order valence-electron chi connectivity index (χ0n) is 15.5. The minimum Gasteiger partial charge on any atom is -0.492 e. The van der Waals surface area contributed by atoms with Crippen LogP contribution in [0.1, 0.15) is 12.6 Å². The van der Waals surface area contributed by atoms with E-state index in [-0.39, 0.29) is 0 Å². The van der Waals surface area contributed by atoms with Gasteiger partial charge in [-0.3, -0.25) is 4.90 Å². The van der Waals surface area contributed by atoms with E-state index < -0.39 is 0 Å². The standard InChI is InChI=1S/C19H27N5O2/c1-3-26-17-7-5-4-6-16(17)22-18-14-15(2)21-19(23-18)20-8-9-24-10-12-25-13-11-24/h4-7,14H,3,8-13H2,1-2H3,(H2,20,21,22,23). The number of benzene rings is 1. The molecule has 1 fully saturated rings. The van der Waals surface area contributed by atoms with Gasteiger partial charge >= 0.3 is 0 Å². The van der Waals surface area contributed by atoms with E-state index in [9.17, 15) is 0 Å². The van der Waals surface area contributed by atoms with Crippen molar-refractivity contribution in [1.29, 1.82) is 0 Å². The van der Waals surface area contributed by atoms with Crippen LogP contribution in [0.2, 0.25) is 0 Å². The van der Waals surface area contributed by atoms with Gasteiger partial charge in [0.2, 0.25) is 5.95 Å². The monoisotopic (exact) mass is 357 g/mol. The Hall–Kier alpha value is -2.38. The zero-order valence-corrected chi connectivity index (χ0v) is 15.5. The van der Waals surface area contributed by atoms with Crippen molar-refractivity contribution in [3.05, 3.63) is 36.0 Å². The summed E-state index contributed by atoms with van der Waals surface area (Å²) in [6.45, 7) is 9.92. The number of morpholine rings is 1. The fourth-order valence-corrected chi connectivity index (χ4v) is 2.85. The SMILES string of the molecule is CCOc1ccccc1Nc1cc(C)nc(NCCN2CCOCC2)n1. The van der Waals surface area contributed by atoms with E-state index in [0.29, 0.717) is 12.6 Å². The average molecular weight is 357 g/mol. The number of aromatic nitrogens is 2. The predicted molar refractivity (Wildman–Crippen MR) is 103 cm³/mol. The molecule has 0 radical (unpaired) electrons. The average Bonchev–Trinajstić information content (AvgIpc) is 2.64. The maximum absolute atomic E-state index is 5.66. The smallest absolute Gasteiger partial charge is 0.224 e. The highest BCUT2D eigenvalue weighted by atomic mass is 16.5. The molecule has 1 saturated heterocycles. The quantitative estimate of drug-likeness (QED) is 0.752. The first-order valence-corrected chi connectivity index (χ1v) is 9.13. The Kier molecular flexibility index (Phi) is 6.62. The molecule has 7 nitrogen and oxygen atoms in total. The molecule has 7 heteroatoms. The summed E-state index contributed by atoms with van der Waals surface area (Å²) < 4.78 is 11.0. The van der Waals surface area contributed by atoms with Crippen LogP contribution < -0.4 is 15.4 Å². The molecule has 0 atom stereocenters. The van der Waals surface area contributed by atoms with Gasteiger partial charge in [0.05, 0.1) is 25.5 Å². The Morgan fingerprint density at radius 1 is 1.19 bits per heavy atom. The van der Waals surface area contributed by atoms with Crippen LogP contribution in [0.5, 0.6) is 5.75 Å². The molecule has 0 bridgehead atoms. The van der Waals surface area contributed by atoms with Gasteiger partial charge in [-0.25, -0.2) is 4.98 Å². The number of nitrogens with zero attached hydrogens (tertiary/aromatic N) is 3. The summed E-state index contributed by atoms with van der Waals surface area (Å²) in [4.78, 5) is 11.4. The van der Waals surface area contributed by atoms with Crippen molar-refractivity contribution in [3.8, 4) is 5.75 Å². The number of ether oxygens (including phenoxy) is 2. The number of nitrogens with one attached hydrogen (secondary N) is 2. The van der Waals surface area contributed by atoms with Gasteiger partial charge in [0, 0.05) is 37.9 Å². The lowest BCUT2D eigenvalue weighted by Crippen LogP contribution is -2.39. The lowest BCUT2D eigenvalue weighted by Gasteiger charge is -2.26. The van der Waals surface area contributed by atoms with E-state index in [2.05, 4.69) is 25.5 Å². The molecule has 0 saturated carbocycles. The summed E-state index contributed by atoms with van der Waals surface area (Å²) in [5.74, 6) is 2.20. The van der Waals surface area contributed by atoms with Crippen molar-refractivity contribution >= 4 is 17.5 Å². The fraction of sp³-hybridized carbons (Fsp3) is 0.474. The van der Waals surface area contributed by atoms with E-state index >= 15 is 0 Å². The minimum atomic E-state index is 0.621. The molecule has 1 aliphatic heterocycles. The van der Waals surface area contributed by atoms with Gasteiger partial charge in [0.25, 0.3) is 0 Å². The summed E-state index contributed by atoms with van der Waals surface area (Å²) >= 11 is 0. The maximum Gasteiger partial charge on any atom is 0.224 e. The van der Waals surface area contributed by atoms with Crippen LogP contribution in [0.3, 0.4) is 0 Å². The summed E-state index contributed by atoms with van der Waals surface area (Å²) in [7, 11) is 0.